The standard InChI is InChI=1S/C17H23N3O2/c1-17(2,3)20(16(21)22)9-11-8-13(11)12-6-5-7-15-14(12)10-19(4)18-15/h5-7,10-11,13H,8-9H2,1-4H3,(H,21,22)/t11-,13+/m1/s1. The summed E-state index contributed by atoms with van der Waals surface area (Å²) in [6.07, 6.45) is 2.27. The molecule has 1 aromatic heterocycles. The molecule has 118 valence electrons. The molecule has 1 heterocycles. The van der Waals surface area contributed by atoms with Crippen LogP contribution in [-0.4, -0.2) is 38.0 Å². The third-order valence-corrected chi connectivity index (χ3v) is 4.48. The van der Waals surface area contributed by atoms with Crippen molar-refractivity contribution < 1.29 is 9.90 Å². The Balaban J connectivity index is 1.80. The molecule has 0 unspecified atom stereocenters. The van der Waals surface area contributed by atoms with E-state index in [2.05, 4.69) is 17.4 Å². The van der Waals surface area contributed by atoms with E-state index in [9.17, 15) is 9.90 Å². The van der Waals surface area contributed by atoms with Gasteiger partial charge in [0.05, 0.1) is 5.52 Å². The fourth-order valence-corrected chi connectivity index (χ4v) is 3.21. The summed E-state index contributed by atoms with van der Waals surface area (Å²) in [5.74, 6) is 0.846. The first kappa shape index (κ1) is 14.9. The molecule has 5 heteroatoms. The number of benzene rings is 1. The number of aryl methyl sites for hydroxylation is 1. The largest absolute Gasteiger partial charge is 0.465 e. The summed E-state index contributed by atoms with van der Waals surface area (Å²) in [7, 11) is 1.93. The van der Waals surface area contributed by atoms with Gasteiger partial charge in [-0.15, -0.1) is 0 Å². The summed E-state index contributed by atoms with van der Waals surface area (Å²) in [6.45, 7) is 6.43. The van der Waals surface area contributed by atoms with Gasteiger partial charge < -0.3 is 10.0 Å². The van der Waals surface area contributed by atoms with Crippen LogP contribution >= 0.6 is 0 Å². The number of hydrogen-bond donors (Lipinski definition) is 1. The lowest BCUT2D eigenvalue weighted by Crippen LogP contribution is -2.46. The van der Waals surface area contributed by atoms with Crippen LogP contribution in [0.25, 0.3) is 10.9 Å². The van der Waals surface area contributed by atoms with Gasteiger partial charge in [-0.05, 0) is 50.7 Å². The quantitative estimate of drug-likeness (QED) is 0.944. The van der Waals surface area contributed by atoms with Gasteiger partial charge >= 0.3 is 6.09 Å². The second-order valence-corrected chi connectivity index (χ2v) is 7.25. The van der Waals surface area contributed by atoms with Gasteiger partial charge in [-0.25, -0.2) is 4.79 Å². The van der Waals surface area contributed by atoms with Gasteiger partial charge in [-0.3, -0.25) is 4.68 Å². The molecule has 2 aromatic rings. The third kappa shape index (κ3) is 2.67. The van der Waals surface area contributed by atoms with Crippen molar-refractivity contribution in [2.24, 2.45) is 13.0 Å². The summed E-state index contributed by atoms with van der Waals surface area (Å²) in [5, 5.41) is 15.1. The predicted octanol–water partition coefficient (Wildman–Crippen LogP) is 3.46. The van der Waals surface area contributed by atoms with Gasteiger partial charge in [-0.2, -0.15) is 5.10 Å². The summed E-state index contributed by atoms with van der Waals surface area (Å²) in [5.41, 5.74) is 1.95. The van der Waals surface area contributed by atoms with Crippen molar-refractivity contribution in [1.82, 2.24) is 14.7 Å². The van der Waals surface area contributed by atoms with E-state index >= 15 is 0 Å². The third-order valence-electron chi connectivity index (χ3n) is 4.48. The Morgan fingerprint density at radius 2 is 2.18 bits per heavy atom. The lowest BCUT2D eigenvalue weighted by Gasteiger charge is -2.33. The molecule has 1 saturated carbocycles. The highest BCUT2D eigenvalue weighted by molar-refractivity contribution is 5.82. The molecule has 0 spiro atoms. The van der Waals surface area contributed by atoms with Crippen molar-refractivity contribution >= 4 is 17.0 Å². The molecule has 3 rings (SSSR count). The normalized spacial score (nSPS) is 21.1. The van der Waals surface area contributed by atoms with Crippen molar-refractivity contribution in [3.63, 3.8) is 0 Å². The first-order valence-electron chi connectivity index (χ1n) is 7.70. The molecule has 1 aliphatic rings. The Labute approximate surface area is 130 Å². The molecule has 22 heavy (non-hydrogen) atoms. The molecule has 1 aliphatic carbocycles. The molecule has 1 amide bonds. The molecular formula is C17H23N3O2. The van der Waals surface area contributed by atoms with Gasteiger partial charge in [0.25, 0.3) is 0 Å². The Bertz CT molecular complexity index is 714. The van der Waals surface area contributed by atoms with Crippen LogP contribution in [0, 0.1) is 5.92 Å². The molecule has 0 bridgehead atoms. The summed E-state index contributed by atoms with van der Waals surface area (Å²) >= 11 is 0. The van der Waals surface area contributed by atoms with Gasteiger partial charge in [0.2, 0.25) is 0 Å². The highest BCUT2D eigenvalue weighted by Crippen LogP contribution is 2.50. The number of rotatable bonds is 3. The molecule has 0 radical (unpaired) electrons. The van der Waals surface area contributed by atoms with Crippen molar-refractivity contribution in [2.75, 3.05) is 6.54 Å². The molecule has 0 saturated heterocycles. The average Bonchev–Trinajstić information content (AvgIpc) is 3.05. The van der Waals surface area contributed by atoms with Crippen LogP contribution < -0.4 is 0 Å². The number of carbonyl (C=O) groups is 1. The van der Waals surface area contributed by atoms with Crippen molar-refractivity contribution in [1.29, 1.82) is 0 Å². The summed E-state index contributed by atoms with van der Waals surface area (Å²) < 4.78 is 1.84. The zero-order chi connectivity index (χ0) is 16.1. The maximum absolute atomic E-state index is 11.5. The molecule has 1 aromatic carbocycles. The van der Waals surface area contributed by atoms with Crippen molar-refractivity contribution in [3.8, 4) is 0 Å². The fraction of sp³-hybridized carbons (Fsp3) is 0.529. The number of nitrogens with zero attached hydrogens (tertiary/aromatic N) is 3. The highest BCUT2D eigenvalue weighted by Gasteiger charge is 2.43. The van der Waals surface area contributed by atoms with Gasteiger partial charge in [0.1, 0.15) is 0 Å². The Morgan fingerprint density at radius 3 is 2.82 bits per heavy atom. The zero-order valence-corrected chi connectivity index (χ0v) is 13.6. The van der Waals surface area contributed by atoms with Crippen molar-refractivity contribution in [2.45, 2.75) is 38.6 Å². The van der Waals surface area contributed by atoms with Crippen LogP contribution in [0.2, 0.25) is 0 Å². The van der Waals surface area contributed by atoms with E-state index in [1.807, 2.05) is 44.6 Å². The van der Waals surface area contributed by atoms with Crippen LogP contribution in [0.4, 0.5) is 4.79 Å². The number of fused-ring (bicyclic) bond motifs is 1. The van der Waals surface area contributed by atoms with E-state index in [0.29, 0.717) is 18.4 Å². The monoisotopic (exact) mass is 301 g/mol. The van der Waals surface area contributed by atoms with E-state index in [0.717, 1.165) is 11.9 Å². The zero-order valence-electron chi connectivity index (χ0n) is 13.6. The Morgan fingerprint density at radius 1 is 1.45 bits per heavy atom. The molecule has 5 nitrogen and oxygen atoms in total. The number of hydrogen-bond acceptors (Lipinski definition) is 2. The minimum absolute atomic E-state index is 0.362. The Hall–Kier alpha value is -2.04. The second kappa shape index (κ2) is 5.00. The number of amides is 1. The van der Waals surface area contributed by atoms with Crippen LogP contribution in [-0.2, 0) is 7.05 Å². The molecule has 2 atom stereocenters. The number of carboxylic acid groups (broad SMARTS) is 1. The van der Waals surface area contributed by atoms with Crippen molar-refractivity contribution in [3.05, 3.63) is 30.0 Å². The lowest BCUT2D eigenvalue weighted by molar-refractivity contribution is 0.0967. The van der Waals surface area contributed by atoms with E-state index in [4.69, 9.17) is 0 Å². The summed E-state index contributed by atoms with van der Waals surface area (Å²) in [6, 6.07) is 6.21. The minimum atomic E-state index is -0.835. The molecular weight excluding hydrogens is 278 g/mol. The predicted molar refractivity (Wildman–Crippen MR) is 86.0 cm³/mol. The second-order valence-electron chi connectivity index (χ2n) is 7.25. The van der Waals surface area contributed by atoms with Crippen LogP contribution in [0.1, 0.15) is 38.7 Å². The first-order chi connectivity index (χ1) is 10.3. The van der Waals surface area contributed by atoms with Crippen LogP contribution in [0.3, 0.4) is 0 Å². The topological polar surface area (TPSA) is 58.4 Å². The minimum Gasteiger partial charge on any atom is -0.465 e. The molecule has 1 N–H and O–H groups in total. The van der Waals surface area contributed by atoms with Gasteiger partial charge in [0, 0.05) is 30.7 Å². The Kier molecular flexibility index (Phi) is 3.38. The fourth-order valence-electron chi connectivity index (χ4n) is 3.21. The van der Waals surface area contributed by atoms with Crippen LogP contribution in [0.15, 0.2) is 24.4 Å². The summed E-state index contributed by atoms with van der Waals surface area (Å²) in [4.78, 5) is 13.0. The van der Waals surface area contributed by atoms with E-state index in [-0.39, 0.29) is 5.54 Å². The van der Waals surface area contributed by atoms with Crippen LogP contribution in [0.5, 0.6) is 0 Å². The maximum atomic E-state index is 11.5. The maximum Gasteiger partial charge on any atom is 0.407 e. The average molecular weight is 301 g/mol. The SMILES string of the molecule is Cn1cc2c([C@H]3C[C@@H]3CN(C(=O)O)C(C)(C)C)cccc2n1. The lowest BCUT2D eigenvalue weighted by atomic mass is 10.0. The molecule has 0 aliphatic heterocycles. The smallest absolute Gasteiger partial charge is 0.407 e. The molecule has 1 fully saturated rings. The van der Waals surface area contributed by atoms with Gasteiger partial charge in [0.15, 0.2) is 0 Å². The first-order valence-corrected chi connectivity index (χ1v) is 7.70. The van der Waals surface area contributed by atoms with E-state index < -0.39 is 6.09 Å². The van der Waals surface area contributed by atoms with E-state index in [1.54, 1.807) is 4.90 Å². The number of aromatic nitrogens is 2. The van der Waals surface area contributed by atoms with Gasteiger partial charge in [-0.1, -0.05) is 12.1 Å². The highest BCUT2D eigenvalue weighted by atomic mass is 16.4. The van der Waals surface area contributed by atoms with E-state index in [1.165, 1.54) is 10.9 Å².